The van der Waals surface area contributed by atoms with Gasteiger partial charge in [-0.25, -0.2) is 0 Å². The van der Waals surface area contributed by atoms with Gasteiger partial charge in [-0.1, -0.05) is 23.8 Å². The Bertz CT molecular complexity index is 552. The standard InChI is InChI=1S/C14H15NO3/c1-9-4-5-10-8-14(15(17)18)6-2-3-11(13(14)16)12(10)7-9/h4-5,7,11H,2-3,6,8H2,1H3/t11-,14-/m1/s1. The number of nitrogens with zero attached hydrogens (tertiary/aromatic N) is 1. The minimum Gasteiger partial charge on any atom is -0.291 e. The van der Waals surface area contributed by atoms with Gasteiger partial charge in [-0.05, 0) is 30.9 Å². The van der Waals surface area contributed by atoms with Crippen LogP contribution in [0.15, 0.2) is 18.2 Å². The molecule has 0 spiro atoms. The van der Waals surface area contributed by atoms with Gasteiger partial charge in [0.1, 0.15) is 0 Å². The Morgan fingerprint density at radius 3 is 2.94 bits per heavy atom. The maximum Gasteiger partial charge on any atom is 0.283 e. The summed E-state index contributed by atoms with van der Waals surface area (Å²) in [6.45, 7) is 1.99. The Labute approximate surface area is 105 Å². The lowest BCUT2D eigenvalue weighted by Gasteiger charge is -2.38. The third-order valence-corrected chi connectivity index (χ3v) is 4.37. The number of aryl methyl sites for hydroxylation is 1. The van der Waals surface area contributed by atoms with Crippen molar-refractivity contribution in [2.24, 2.45) is 0 Å². The molecule has 1 saturated carbocycles. The van der Waals surface area contributed by atoms with Crippen molar-refractivity contribution in [3.63, 3.8) is 0 Å². The lowest BCUT2D eigenvalue weighted by Crippen LogP contribution is -2.55. The number of Topliss-reactive ketones (excluding diaryl/α,β-unsaturated/α-hetero) is 1. The Morgan fingerprint density at radius 1 is 1.44 bits per heavy atom. The summed E-state index contributed by atoms with van der Waals surface area (Å²) >= 11 is 0. The van der Waals surface area contributed by atoms with Gasteiger partial charge in [0.05, 0.1) is 12.3 Å². The van der Waals surface area contributed by atoms with E-state index in [0.717, 1.165) is 29.5 Å². The van der Waals surface area contributed by atoms with Crippen molar-refractivity contribution >= 4 is 5.78 Å². The predicted molar refractivity (Wildman–Crippen MR) is 66.2 cm³/mol. The predicted octanol–water partition coefficient (Wildman–Crippen LogP) is 2.40. The quantitative estimate of drug-likeness (QED) is 0.564. The minimum absolute atomic E-state index is 0.170. The van der Waals surface area contributed by atoms with Gasteiger partial charge in [-0.2, -0.15) is 0 Å². The van der Waals surface area contributed by atoms with Gasteiger partial charge in [0.15, 0.2) is 0 Å². The molecule has 0 aliphatic heterocycles. The van der Waals surface area contributed by atoms with Gasteiger partial charge in [-0.15, -0.1) is 0 Å². The topological polar surface area (TPSA) is 60.2 Å². The van der Waals surface area contributed by atoms with E-state index < -0.39 is 5.54 Å². The van der Waals surface area contributed by atoms with Crippen molar-refractivity contribution in [2.45, 2.75) is 44.1 Å². The SMILES string of the molecule is Cc1ccc2c(c1)[C@H]1CCC[C@@]([N+](=O)[O-])(C2)C1=O. The maximum atomic E-state index is 12.4. The molecule has 4 nitrogen and oxygen atoms in total. The van der Waals surface area contributed by atoms with E-state index in [4.69, 9.17) is 0 Å². The molecule has 2 atom stereocenters. The van der Waals surface area contributed by atoms with Crippen LogP contribution in [0.5, 0.6) is 0 Å². The number of rotatable bonds is 1. The molecule has 2 bridgehead atoms. The van der Waals surface area contributed by atoms with Crippen LogP contribution in [0.3, 0.4) is 0 Å². The fraction of sp³-hybridized carbons (Fsp3) is 0.500. The third-order valence-electron chi connectivity index (χ3n) is 4.37. The van der Waals surface area contributed by atoms with Crippen LogP contribution in [0.4, 0.5) is 0 Å². The van der Waals surface area contributed by atoms with Crippen molar-refractivity contribution in [1.82, 2.24) is 0 Å². The zero-order valence-corrected chi connectivity index (χ0v) is 10.3. The van der Waals surface area contributed by atoms with Crippen LogP contribution in [0.25, 0.3) is 0 Å². The highest BCUT2D eigenvalue weighted by atomic mass is 16.6. The molecule has 0 unspecified atom stereocenters. The van der Waals surface area contributed by atoms with E-state index in [1.165, 1.54) is 0 Å². The van der Waals surface area contributed by atoms with Gasteiger partial charge >= 0.3 is 0 Å². The first-order chi connectivity index (χ1) is 8.54. The van der Waals surface area contributed by atoms with E-state index in [9.17, 15) is 14.9 Å². The van der Waals surface area contributed by atoms with Crippen LogP contribution in [0.1, 0.15) is 41.9 Å². The molecule has 2 aliphatic rings. The summed E-state index contributed by atoms with van der Waals surface area (Å²) in [5.41, 5.74) is 1.78. The largest absolute Gasteiger partial charge is 0.291 e. The Morgan fingerprint density at radius 2 is 2.22 bits per heavy atom. The number of carbonyl (C=O) groups is 1. The van der Waals surface area contributed by atoms with Gasteiger partial charge in [0, 0.05) is 11.3 Å². The van der Waals surface area contributed by atoms with Crippen LogP contribution in [0, 0.1) is 17.0 Å². The highest BCUT2D eigenvalue weighted by Crippen LogP contribution is 2.45. The molecule has 3 rings (SSSR count). The molecule has 4 heteroatoms. The fourth-order valence-electron chi connectivity index (χ4n) is 3.41. The molecule has 0 radical (unpaired) electrons. The average molecular weight is 245 g/mol. The summed E-state index contributed by atoms with van der Waals surface area (Å²) in [6, 6.07) is 5.94. The summed E-state index contributed by atoms with van der Waals surface area (Å²) < 4.78 is 0. The van der Waals surface area contributed by atoms with Crippen LogP contribution in [-0.2, 0) is 11.2 Å². The first-order valence-electron chi connectivity index (χ1n) is 6.33. The lowest BCUT2D eigenvalue weighted by molar-refractivity contribution is -0.555. The fourth-order valence-corrected chi connectivity index (χ4v) is 3.41. The molecule has 1 aromatic rings. The lowest BCUT2D eigenvalue weighted by atomic mass is 9.64. The summed E-state index contributed by atoms with van der Waals surface area (Å²) in [6.07, 6.45) is 2.18. The van der Waals surface area contributed by atoms with Crippen LogP contribution >= 0.6 is 0 Å². The molecule has 18 heavy (non-hydrogen) atoms. The number of carbonyl (C=O) groups excluding carboxylic acids is 1. The zero-order valence-electron chi connectivity index (χ0n) is 10.3. The zero-order chi connectivity index (χ0) is 12.9. The Hall–Kier alpha value is -1.71. The van der Waals surface area contributed by atoms with Crippen molar-refractivity contribution < 1.29 is 9.72 Å². The molecular formula is C14H15NO3. The van der Waals surface area contributed by atoms with Crippen molar-refractivity contribution in [3.8, 4) is 0 Å². The summed E-state index contributed by atoms with van der Waals surface area (Å²) in [4.78, 5) is 23.4. The van der Waals surface area contributed by atoms with E-state index >= 15 is 0 Å². The molecule has 1 fully saturated rings. The molecule has 2 aliphatic carbocycles. The van der Waals surface area contributed by atoms with Crippen LogP contribution in [-0.4, -0.2) is 16.2 Å². The molecule has 0 aromatic heterocycles. The van der Waals surface area contributed by atoms with Gasteiger partial charge in [-0.3, -0.25) is 14.9 Å². The normalized spacial score (nSPS) is 29.8. The number of fused-ring (bicyclic) bond motifs is 4. The van der Waals surface area contributed by atoms with Crippen LogP contribution < -0.4 is 0 Å². The number of nitro groups is 1. The highest BCUT2D eigenvalue weighted by molar-refractivity contribution is 5.96. The van der Waals surface area contributed by atoms with Crippen LogP contribution in [0.2, 0.25) is 0 Å². The molecule has 94 valence electrons. The number of ketones is 1. The molecule has 0 saturated heterocycles. The average Bonchev–Trinajstić information content (AvgIpc) is 2.31. The van der Waals surface area contributed by atoms with E-state index in [1.54, 1.807) is 0 Å². The molecular weight excluding hydrogens is 230 g/mol. The first-order valence-corrected chi connectivity index (χ1v) is 6.33. The van der Waals surface area contributed by atoms with E-state index in [0.29, 0.717) is 6.42 Å². The van der Waals surface area contributed by atoms with Gasteiger partial charge in [0.25, 0.3) is 5.54 Å². The minimum atomic E-state index is -1.34. The first kappa shape index (κ1) is 11.4. The molecule has 0 heterocycles. The third kappa shape index (κ3) is 1.35. The maximum absolute atomic E-state index is 12.4. The van der Waals surface area contributed by atoms with Crippen molar-refractivity contribution in [3.05, 3.63) is 45.0 Å². The second-order valence-corrected chi connectivity index (χ2v) is 5.48. The number of hydrogen-bond acceptors (Lipinski definition) is 3. The highest BCUT2D eigenvalue weighted by Gasteiger charge is 2.58. The van der Waals surface area contributed by atoms with Crippen molar-refractivity contribution in [1.29, 1.82) is 0 Å². The smallest absolute Gasteiger partial charge is 0.283 e. The second-order valence-electron chi connectivity index (χ2n) is 5.48. The number of hydrogen-bond donors (Lipinski definition) is 0. The number of benzene rings is 1. The van der Waals surface area contributed by atoms with E-state index in [2.05, 4.69) is 0 Å². The monoisotopic (exact) mass is 245 g/mol. The second kappa shape index (κ2) is 3.64. The van der Waals surface area contributed by atoms with Gasteiger partial charge < -0.3 is 0 Å². The summed E-state index contributed by atoms with van der Waals surface area (Å²) in [5.74, 6) is -0.426. The molecule has 0 amide bonds. The molecule has 1 aromatic carbocycles. The van der Waals surface area contributed by atoms with Crippen molar-refractivity contribution in [2.75, 3.05) is 0 Å². The summed E-state index contributed by atoms with van der Waals surface area (Å²) in [5, 5.41) is 11.4. The van der Waals surface area contributed by atoms with E-state index in [-0.39, 0.29) is 23.0 Å². The van der Waals surface area contributed by atoms with Gasteiger partial charge in [0.2, 0.25) is 5.78 Å². The summed E-state index contributed by atoms with van der Waals surface area (Å²) in [7, 11) is 0. The Balaban J connectivity index is 2.18. The Kier molecular flexibility index (Phi) is 2.30. The van der Waals surface area contributed by atoms with E-state index in [1.807, 2.05) is 25.1 Å². The molecule has 0 N–H and O–H groups in total.